The monoisotopic (exact) mass is 376 g/mol. The molecule has 2 heterocycles. The Bertz CT molecular complexity index is 717. The average Bonchev–Trinajstić information content (AvgIpc) is 3.30. The van der Waals surface area contributed by atoms with Crippen LogP contribution in [0.1, 0.15) is 37.6 Å². The Morgan fingerprint density at radius 1 is 1.37 bits per heavy atom. The third kappa shape index (κ3) is 3.90. The Kier molecular flexibility index (Phi) is 4.78. The summed E-state index contributed by atoms with van der Waals surface area (Å²) in [6.45, 7) is 7.96. The van der Waals surface area contributed by atoms with Crippen LogP contribution >= 0.6 is 0 Å². The lowest BCUT2D eigenvalue weighted by Gasteiger charge is -2.35. The van der Waals surface area contributed by atoms with E-state index in [0.29, 0.717) is 48.7 Å². The first-order valence-corrected chi connectivity index (χ1v) is 9.62. The van der Waals surface area contributed by atoms with E-state index in [1.54, 1.807) is 18.2 Å². The van der Waals surface area contributed by atoms with Crippen molar-refractivity contribution in [1.82, 2.24) is 10.2 Å². The summed E-state index contributed by atoms with van der Waals surface area (Å²) in [5.41, 5.74) is 0.0519. The number of likely N-dealkylation sites (tertiary alicyclic amines) is 1. The van der Waals surface area contributed by atoms with Crippen molar-refractivity contribution in [3.05, 3.63) is 23.8 Å². The van der Waals surface area contributed by atoms with Crippen molar-refractivity contribution in [2.24, 2.45) is 11.8 Å². The van der Waals surface area contributed by atoms with E-state index in [-0.39, 0.29) is 11.9 Å². The molecule has 0 bridgehead atoms. The van der Waals surface area contributed by atoms with Gasteiger partial charge >= 0.3 is 0 Å². The van der Waals surface area contributed by atoms with Gasteiger partial charge in [0.1, 0.15) is 13.2 Å². The number of nitrogens with zero attached hydrogens (tertiary/aromatic N) is 1. The molecule has 2 fully saturated rings. The summed E-state index contributed by atoms with van der Waals surface area (Å²) in [6.07, 6.45) is 0.192. The summed E-state index contributed by atoms with van der Waals surface area (Å²) in [5, 5.41) is 13.5. The van der Waals surface area contributed by atoms with Crippen LogP contribution in [0.15, 0.2) is 18.2 Å². The van der Waals surface area contributed by atoms with E-state index in [2.05, 4.69) is 5.32 Å². The quantitative estimate of drug-likeness (QED) is 0.760. The fraction of sp³-hybridized carbons (Fsp3) is 0.650. The Hall–Kier alpha value is -1.83. The van der Waals surface area contributed by atoms with Gasteiger partial charge in [-0.1, -0.05) is 6.07 Å². The number of benzene rings is 1. The molecule has 1 aromatic carbocycles. The zero-order valence-corrected chi connectivity index (χ0v) is 16.1. The number of ether oxygens (including phenoxy) is 3. The first kappa shape index (κ1) is 18.5. The Morgan fingerprint density at radius 2 is 2.15 bits per heavy atom. The van der Waals surface area contributed by atoms with Crippen molar-refractivity contribution in [2.45, 2.75) is 45.2 Å². The molecule has 2 aliphatic heterocycles. The van der Waals surface area contributed by atoms with Crippen LogP contribution in [0.3, 0.4) is 0 Å². The number of fused-ring (bicyclic) bond motifs is 2. The fourth-order valence-corrected chi connectivity index (χ4v) is 4.06. The van der Waals surface area contributed by atoms with Gasteiger partial charge in [-0.25, -0.2) is 4.90 Å². The highest BCUT2D eigenvalue weighted by Gasteiger charge is 2.54. The van der Waals surface area contributed by atoms with Gasteiger partial charge in [-0.2, -0.15) is 0 Å². The lowest BCUT2D eigenvalue weighted by molar-refractivity contribution is -0.244. The Balaban J connectivity index is 1.41. The van der Waals surface area contributed by atoms with Crippen molar-refractivity contribution < 1.29 is 24.1 Å². The number of para-hydroxylation sites is 1. The zero-order valence-electron chi connectivity index (χ0n) is 16.1. The van der Waals surface area contributed by atoms with Crippen LogP contribution in [0.4, 0.5) is 0 Å². The third-order valence-electron chi connectivity index (χ3n) is 5.37. The van der Waals surface area contributed by atoms with E-state index in [1.807, 2.05) is 25.7 Å². The second-order valence-electron chi connectivity index (χ2n) is 8.52. The Labute approximate surface area is 159 Å². The van der Waals surface area contributed by atoms with Crippen LogP contribution in [0.2, 0.25) is 0 Å². The van der Waals surface area contributed by atoms with Crippen LogP contribution in [0, 0.1) is 11.8 Å². The molecule has 7 heteroatoms. The van der Waals surface area contributed by atoms with Gasteiger partial charge in [0.15, 0.2) is 11.5 Å². The standard InChI is InChI=1S/C20H28N2O5/c1-20(2,3)27-19(24)22-11-12-9-14(12)15(22)10-21-18(23)13-5-4-6-16-17(13)26-8-7-25-16/h4-6,12,14-15,19,24H,7-11H2,1-3H3,(H,21,23)/t12?,14-,15?,19?/m0/s1. The summed E-state index contributed by atoms with van der Waals surface area (Å²) >= 11 is 0. The molecule has 1 amide bonds. The second-order valence-corrected chi connectivity index (χ2v) is 8.52. The molecule has 1 aromatic rings. The smallest absolute Gasteiger partial charge is 0.255 e. The van der Waals surface area contributed by atoms with Crippen LogP contribution in [-0.2, 0) is 4.74 Å². The minimum atomic E-state index is -0.957. The van der Waals surface area contributed by atoms with Crippen LogP contribution in [-0.4, -0.2) is 60.3 Å². The molecule has 0 radical (unpaired) electrons. The molecule has 2 N–H and O–H groups in total. The lowest BCUT2D eigenvalue weighted by Crippen LogP contribution is -2.50. The van der Waals surface area contributed by atoms with Crippen molar-refractivity contribution in [1.29, 1.82) is 0 Å². The zero-order chi connectivity index (χ0) is 19.2. The molecule has 0 aromatic heterocycles. The maximum atomic E-state index is 12.7. The lowest BCUT2D eigenvalue weighted by atomic mass is 10.1. The normalized spacial score (nSPS) is 27.8. The topological polar surface area (TPSA) is 80.3 Å². The van der Waals surface area contributed by atoms with Crippen LogP contribution < -0.4 is 14.8 Å². The molecule has 3 unspecified atom stereocenters. The molecule has 27 heavy (non-hydrogen) atoms. The van der Waals surface area contributed by atoms with E-state index in [1.165, 1.54) is 0 Å². The van der Waals surface area contributed by atoms with Gasteiger partial charge in [-0.3, -0.25) is 4.79 Å². The number of piperidine rings is 1. The van der Waals surface area contributed by atoms with E-state index in [9.17, 15) is 9.90 Å². The number of carbonyl (C=O) groups excluding carboxylic acids is 1. The highest BCUT2D eigenvalue weighted by molar-refractivity contribution is 5.97. The molecular formula is C20H28N2O5. The van der Waals surface area contributed by atoms with E-state index in [4.69, 9.17) is 14.2 Å². The van der Waals surface area contributed by atoms with Gasteiger partial charge in [-0.15, -0.1) is 0 Å². The SMILES string of the molecule is CC(C)(C)OC(O)N1CC2C[C@@H]2C1CNC(=O)c1cccc2c1OCCO2. The van der Waals surface area contributed by atoms with Gasteiger partial charge < -0.3 is 24.6 Å². The summed E-state index contributed by atoms with van der Waals surface area (Å²) < 4.78 is 16.9. The fourth-order valence-electron chi connectivity index (χ4n) is 4.06. The number of aliphatic hydroxyl groups is 1. The minimum Gasteiger partial charge on any atom is -0.486 e. The van der Waals surface area contributed by atoms with Crippen molar-refractivity contribution >= 4 is 5.91 Å². The molecule has 0 spiro atoms. The molecule has 148 valence electrons. The van der Waals surface area contributed by atoms with E-state index < -0.39 is 12.0 Å². The average molecular weight is 376 g/mol. The molecule has 7 nitrogen and oxygen atoms in total. The highest BCUT2D eigenvalue weighted by atomic mass is 16.6. The molecule has 4 rings (SSSR count). The van der Waals surface area contributed by atoms with Crippen molar-refractivity contribution in [2.75, 3.05) is 26.3 Å². The number of amides is 1. The minimum absolute atomic E-state index is 0.0769. The van der Waals surface area contributed by atoms with Crippen molar-refractivity contribution in [3.63, 3.8) is 0 Å². The highest BCUT2D eigenvalue weighted by Crippen LogP contribution is 2.50. The summed E-state index contributed by atoms with van der Waals surface area (Å²) in [4.78, 5) is 14.7. The van der Waals surface area contributed by atoms with Crippen LogP contribution in [0.25, 0.3) is 0 Å². The number of carbonyl (C=O) groups is 1. The first-order chi connectivity index (χ1) is 12.8. The molecule has 1 saturated heterocycles. The third-order valence-corrected chi connectivity index (χ3v) is 5.37. The maximum Gasteiger partial charge on any atom is 0.255 e. The Morgan fingerprint density at radius 3 is 2.93 bits per heavy atom. The summed E-state index contributed by atoms with van der Waals surface area (Å²) in [5.74, 6) is 2.02. The predicted octanol–water partition coefficient (Wildman–Crippen LogP) is 1.60. The number of hydrogen-bond donors (Lipinski definition) is 2. The van der Waals surface area contributed by atoms with Gasteiger partial charge in [0, 0.05) is 19.1 Å². The van der Waals surface area contributed by atoms with Crippen molar-refractivity contribution in [3.8, 4) is 11.5 Å². The number of aliphatic hydroxyl groups excluding tert-OH is 1. The van der Waals surface area contributed by atoms with E-state index in [0.717, 1.165) is 13.0 Å². The van der Waals surface area contributed by atoms with Gasteiger partial charge in [0.25, 0.3) is 5.91 Å². The summed E-state index contributed by atoms with van der Waals surface area (Å²) in [7, 11) is 0. The maximum absolute atomic E-state index is 12.7. The van der Waals surface area contributed by atoms with Gasteiger partial charge in [0.05, 0.1) is 11.2 Å². The molecular weight excluding hydrogens is 348 g/mol. The van der Waals surface area contributed by atoms with Crippen LogP contribution in [0.5, 0.6) is 11.5 Å². The number of rotatable bonds is 5. The second kappa shape index (κ2) is 6.96. The molecule has 1 saturated carbocycles. The molecule has 4 atom stereocenters. The number of nitrogens with one attached hydrogen (secondary N) is 1. The summed E-state index contributed by atoms with van der Waals surface area (Å²) in [6, 6.07) is 5.42. The van der Waals surface area contributed by atoms with E-state index >= 15 is 0 Å². The molecule has 3 aliphatic rings. The largest absolute Gasteiger partial charge is 0.486 e. The molecule has 1 aliphatic carbocycles. The van der Waals surface area contributed by atoms with Gasteiger partial charge in [-0.05, 0) is 51.2 Å². The number of hydrogen-bond acceptors (Lipinski definition) is 6. The predicted molar refractivity (Wildman–Crippen MR) is 98.7 cm³/mol. The van der Waals surface area contributed by atoms with Gasteiger partial charge in [0.2, 0.25) is 6.41 Å². The first-order valence-electron chi connectivity index (χ1n) is 9.62.